The number of rotatable bonds is 5. The minimum atomic E-state index is -0.447. The molecule has 0 aliphatic carbocycles. The number of nitrogens with zero attached hydrogens (tertiary/aromatic N) is 3. The van der Waals surface area contributed by atoms with Crippen molar-refractivity contribution in [2.24, 2.45) is 10.2 Å². The SMILES string of the molecule is O=[N+]([O-])c1ccc(NC(=S)Nc2ccc(N=Nc3ccccc3)cc2)cc1. The summed E-state index contributed by atoms with van der Waals surface area (Å²) in [5.74, 6) is 0. The molecule has 0 saturated carbocycles. The Morgan fingerprint density at radius 1 is 0.778 bits per heavy atom. The predicted octanol–water partition coefficient (Wildman–Crippen LogP) is 5.82. The molecule has 0 unspecified atom stereocenters. The second kappa shape index (κ2) is 8.63. The van der Waals surface area contributed by atoms with Crippen molar-refractivity contribution in [3.8, 4) is 0 Å². The zero-order valence-corrected chi connectivity index (χ0v) is 14.9. The Morgan fingerprint density at radius 2 is 1.26 bits per heavy atom. The zero-order chi connectivity index (χ0) is 19.1. The molecule has 0 saturated heterocycles. The van der Waals surface area contributed by atoms with Crippen molar-refractivity contribution in [2.45, 2.75) is 0 Å². The van der Waals surface area contributed by atoms with Gasteiger partial charge in [0.05, 0.1) is 16.3 Å². The molecule has 7 nitrogen and oxygen atoms in total. The molecule has 0 aromatic heterocycles. The van der Waals surface area contributed by atoms with E-state index in [9.17, 15) is 10.1 Å². The summed E-state index contributed by atoms with van der Waals surface area (Å²) in [6.07, 6.45) is 0. The van der Waals surface area contributed by atoms with Crippen LogP contribution in [-0.4, -0.2) is 10.0 Å². The minimum Gasteiger partial charge on any atom is -0.332 e. The number of nitro benzene ring substituents is 1. The van der Waals surface area contributed by atoms with Crippen LogP contribution in [0.2, 0.25) is 0 Å². The fourth-order valence-electron chi connectivity index (χ4n) is 2.18. The summed E-state index contributed by atoms with van der Waals surface area (Å²) in [7, 11) is 0. The summed E-state index contributed by atoms with van der Waals surface area (Å²) in [5, 5.41) is 25.4. The van der Waals surface area contributed by atoms with Gasteiger partial charge in [-0.3, -0.25) is 10.1 Å². The monoisotopic (exact) mass is 377 g/mol. The van der Waals surface area contributed by atoms with Gasteiger partial charge in [0, 0.05) is 23.5 Å². The lowest BCUT2D eigenvalue weighted by atomic mass is 10.3. The van der Waals surface area contributed by atoms with Crippen molar-refractivity contribution in [1.29, 1.82) is 0 Å². The first-order chi connectivity index (χ1) is 13.1. The van der Waals surface area contributed by atoms with E-state index < -0.39 is 4.92 Å². The molecule has 0 aliphatic heterocycles. The molecule has 3 aromatic rings. The maximum atomic E-state index is 10.7. The van der Waals surface area contributed by atoms with Gasteiger partial charge in [-0.2, -0.15) is 10.2 Å². The van der Waals surface area contributed by atoms with Crippen molar-refractivity contribution in [3.05, 3.63) is 89.0 Å². The molecule has 0 heterocycles. The lowest BCUT2D eigenvalue weighted by molar-refractivity contribution is -0.384. The van der Waals surface area contributed by atoms with Gasteiger partial charge in [-0.05, 0) is 60.7 Å². The van der Waals surface area contributed by atoms with Gasteiger partial charge in [0.1, 0.15) is 0 Å². The topological polar surface area (TPSA) is 91.9 Å². The fraction of sp³-hybridized carbons (Fsp3) is 0. The van der Waals surface area contributed by atoms with E-state index in [0.29, 0.717) is 10.8 Å². The van der Waals surface area contributed by atoms with Crippen molar-refractivity contribution < 1.29 is 4.92 Å². The minimum absolute atomic E-state index is 0.0275. The maximum absolute atomic E-state index is 10.7. The van der Waals surface area contributed by atoms with Crippen molar-refractivity contribution >= 4 is 45.8 Å². The zero-order valence-electron chi connectivity index (χ0n) is 14.1. The summed E-state index contributed by atoms with van der Waals surface area (Å²) < 4.78 is 0. The van der Waals surface area contributed by atoms with Crippen LogP contribution in [0.3, 0.4) is 0 Å². The van der Waals surface area contributed by atoms with Gasteiger partial charge in [0.15, 0.2) is 5.11 Å². The third kappa shape index (κ3) is 5.41. The Hall–Kier alpha value is -3.65. The smallest absolute Gasteiger partial charge is 0.269 e. The number of hydrogen-bond acceptors (Lipinski definition) is 5. The molecule has 0 fully saturated rings. The quantitative estimate of drug-likeness (QED) is 0.253. The average molecular weight is 377 g/mol. The third-order valence-corrected chi connectivity index (χ3v) is 3.70. The molecular formula is C19H15N5O2S. The lowest BCUT2D eigenvalue weighted by Crippen LogP contribution is -2.18. The highest BCUT2D eigenvalue weighted by atomic mass is 32.1. The van der Waals surface area contributed by atoms with E-state index in [-0.39, 0.29) is 5.69 Å². The number of benzene rings is 3. The van der Waals surface area contributed by atoms with Crippen LogP contribution in [0.4, 0.5) is 28.4 Å². The normalized spacial score (nSPS) is 10.5. The highest BCUT2D eigenvalue weighted by Gasteiger charge is 2.05. The number of hydrogen-bond donors (Lipinski definition) is 2. The Bertz CT molecular complexity index is 958. The largest absolute Gasteiger partial charge is 0.332 e. The van der Waals surface area contributed by atoms with E-state index in [4.69, 9.17) is 12.2 Å². The van der Waals surface area contributed by atoms with Crippen LogP contribution in [0, 0.1) is 10.1 Å². The number of anilines is 2. The number of thiocarbonyl (C=S) groups is 1. The molecule has 134 valence electrons. The van der Waals surface area contributed by atoms with Gasteiger partial charge < -0.3 is 10.6 Å². The average Bonchev–Trinajstić information content (AvgIpc) is 2.68. The first kappa shape index (κ1) is 18.2. The molecule has 0 aliphatic rings. The number of azo groups is 1. The first-order valence-electron chi connectivity index (χ1n) is 7.99. The second-order valence-corrected chi connectivity index (χ2v) is 5.87. The highest BCUT2D eigenvalue weighted by molar-refractivity contribution is 7.80. The molecule has 27 heavy (non-hydrogen) atoms. The van der Waals surface area contributed by atoms with Crippen LogP contribution >= 0.6 is 12.2 Å². The summed E-state index contributed by atoms with van der Waals surface area (Å²) >= 11 is 5.25. The molecule has 2 N–H and O–H groups in total. The van der Waals surface area contributed by atoms with E-state index in [1.807, 2.05) is 54.6 Å². The van der Waals surface area contributed by atoms with Crippen LogP contribution < -0.4 is 10.6 Å². The van der Waals surface area contributed by atoms with E-state index in [2.05, 4.69) is 20.9 Å². The molecule has 3 rings (SSSR count). The van der Waals surface area contributed by atoms with Gasteiger partial charge in [0.25, 0.3) is 5.69 Å². The molecule has 3 aromatic carbocycles. The Kier molecular flexibility index (Phi) is 5.80. The van der Waals surface area contributed by atoms with Crippen LogP contribution in [0.1, 0.15) is 0 Å². The maximum Gasteiger partial charge on any atom is 0.269 e. The van der Waals surface area contributed by atoms with Gasteiger partial charge in [-0.25, -0.2) is 0 Å². The molecule has 0 amide bonds. The standard InChI is InChI=1S/C19H15N5O2S/c25-24(26)18-12-10-15(11-13-18)21-19(27)20-14-6-8-17(9-7-14)23-22-16-4-2-1-3-5-16/h1-13H,(H2,20,21,27). The van der Waals surface area contributed by atoms with E-state index >= 15 is 0 Å². The lowest BCUT2D eigenvalue weighted by Gasteiger charge is -2.10. The summed E-state index contributed by atoms with van der Waals surface area (Å²) in [4.78, 5) is 10.2. The van der Waals surface area contributed by atoms with Crippen molar-refractivity contribution in [1.82, 2.24) is 0 Å². The van der Waals surface area contributed by atoms with Crippen molar-refractivity contribution in [3.63, 3.8) is 0 Å². The molecule has 0 radical (unpaired) electrons. The number of non-ortho nitro benzene ring substituents is 1. The predicted molar refractivity (Wildman–Crippen MR) is 110 cm³/mol. The molecule has 0 atom stereocenters. The van der Waals surface area contributed by atoms with Gasteiger partial charge in [-0.1, -0.05) is 18.2 Å². The summed E-state index contributed by atoms with van der Waals surface area (Å²) in [6, 6.07) is 22.8. The fourth-order valence-corrected chi connectivity index (χ4v) is 2.42. The van der Waals surface area contributed by atoms with Crippen LogP contribution in [-0.2, 0) is 0 Å². The Labute approximate surface area is 160 Å². The van der Waals surface area contributed by atoms with Gasteiger partial charge >= 0.3 is 0 Å². The molecule has 8 heteroatoms. The van der Waals surface area contributed by atoms with E-state index in [0.717, 1.165) is 17.1 Å². The van der Waals surface area contributed by atoms with Gasteiger partial charge in [-0.15, -0.1) is 0 Å². The van der Waals surface area contributed by atoms with Crippen LogP contribution in [0.25, 0.3) is 0 Å². The van der Waals surface area contributed by atoms with Crippen molar-refractivity contribution in [2.75, 3.05) is 10.6 Å². The van der Waals surface area contributed by atoms with Crippen LogP contribution in [0.5, 0.6) is 0 Å². The van der Waals surface area contributed by atoms with E-state index in [1.165, 1.54) is 12.1 Å². The Morgan fingerprint density at radius 3 is 1.78 bits per heavy atom. The number of nitrogens with one attached hydrogen (secondary N) is 2. The van der Waals surface area contributed by atoms with Gasteiger partial charge in [0.2, 0.25) is 0 Å². The molecular weight excluding hydrogens is 362 g/mol. The second-order valence-electron chi connectivity index (χ2n) is 5.47. The first-order valence-corrected chi connectivity index (χ1v) is 8.40. The molecule has 0 bridgehead atoms. The third-order valence-electron chi connectivity index (χ3n) is 3.50. The Balaban J connectivity index is 1.56. The van der Waals surface area contributed by atoms with E-state index in [1.54, 1.807) is 12.1 Å². The number of nitro groups is 1. The molecule has 0 spiro atoms. The van der Waals surface area contributed by atoms with Crippen LogP contribution in [0.15, 0.2) is 89.1 Å². The summed E-state index contributed by atoms with van der Waals surface area (Å²) in [5.41, 5.74) is 2.98. The summed E-state index contributed by atoms with van der Waals surface area (Å²) in [6.45, 7) is 0. The highest BCUT2D eigenvalue weighted by Crippen LogP contribution is 2.20.